The molecule has 28 nitrogen and oxygen atoms in total. The summed E-state index contributed by atoms with van der Waals surface area (Å²) >= 11 is 0. The van der Waals surface area contributed by atoms with Gasteiger partial charge in [-0.25, -0.2) is 0 Å². The number of fused-ring (bicyclic) bond motifs is 8. The quantitative estimate of drug-likeness (QED) is 0.0100. The van der Waals surface area contributed by atoms with Crippen molar-refractivity contribution < 1.29 is 90.2 Å². The number of aromatic hydroxyl groups is 8. The maximum absolute atomic E-state index is 11.7. The van der Waals surface area contributed by atoms with Crippen molar-refractivity contribution in [2.75, 3.05) is 52.4 Å². The molecule has 0 aliphatic carbocycles. The number of hydrogen-bond acceptors (Lipinski definition) is 28. The molecule has 0 unspecified atom stereocenters. The Hall–Kier alpha value is -13.4. The molecular formula is C112H112N8O20Si8. The molecule has 0 amide bonds. The van der Waals surface area contributed by atoms with Crippen LogP contribution in [0, 0.1) is 0 Å². The molecule has 6 saturated heterocycles. The third kappa shape index (κ3) is 22.1. The van der Waals surface area contributed by atoms with Crippen molar-refractivity contribution in [3.05, 3.63) is 336 Å². The smallest absolute Gasteiger partial charge is 0.478 e. The highest BCUT2D eigenvalue weighted by molar-refractivity contribution is 7.03. The van der Waals surface area contributed by atoms with Gasteiger partial charge in [-0.05, 0) is 186 Å². The molecule has 8 bridgehead atoms. The number of rotatable bonds is 40. The van der Waals surface area contributed by atoms with E-state index in [1.165, 1.54) is 0 Å². The van der Waals surface area contributed by atoms with E-state index < -0.39 is 70.4 Å². The maximum Gasteiger partial charge on any atom is 0.478 e. The standard InChI is InChI=1S/C112H112N8O20Si8/c121-105-49-41-81-25-1-9-33-89(81)97(105)73-113-57-17-65-141-129-142(66-18-58-114-74-98-90-34-10-2-26-82(90)42-50-106(98)122)132-145(69-21-61-117-77-101-93-37-13-5-29-85(93)45-53-109(101)125)134-143(130-141,67-19-59-115-75-99-91-35-11-3-27-83(91)43-51-107(99)123)136-147(71-23-63-119-79-103-95-39-15-7-31-87(95)47-55-111(103)127)137-144(131-141,68-20-60-116-76-100-92-36-12-4-28-84(92)44-52-108(100)124)135-146(133-142,70-22-62-118-78-102-94-38-14-6-30-86(94)46-54-110(102)126)139-148(138-145,140-147)72-24-64-120-80-104-96-40-16-8-32-88(96)48-56-112(104)128/h1-16,25-56,73-80,121-128H,17-24,57-72H2. The van der Waals surface area contributed by atoms with Gasteiger partial charge in [0, 0.05) is 195 Å². The van der Waals surface area contributed by atoms with Gasteiger partial charge in [-0.2, -0.15) is 0 Å². The van der Waals surface area contributed by atoms with Crippen LogP contribution in [0.25, 0.3) is 86.2 Å². The van der Waals surface area contributed by atoms with Crippen molar-refractivity contribution in [2.24, 2.45) is 39.9 Å². The van der Waals surface area contributed by atoms with E-state index >= 15 is 0 Å². The van der Waals surface area contributed by atoms with Gasteiger partial charge in [-0.3, -0.25) is 39.9 Å². The van der Waals surface area contributed by atoms with E-state index in [1.54, 1.807) is 98.2 Å². The van der Waals surface area contributed by atoms with Crippen molar-refractivity contribution in [1.29, 1.82) is 0 Å². The largest absolute Gasteiger partial charge is 0.507 e. The van der Waals surface area contributed by atoms with E-state index in [1.807, 2.05) is 243 Å². The van der Waals surface area contributed by atoms with Crippen LogP contribution in [0.2, 0.25) is 48.4 Å². The highest BCUT2D eigenvalue weighted by atomic mass is 28.6. The molecule has 6 fully saturated rings. The molecule has 752 valence electrons. The molecule has 16 aromatic carbocycles. The third-order valence-electron chi connectivity index (χ3n) is 27.2. The molecule has 8 N–H and O–H groups in total. The number of benzene rings is 16. The Morgan fingerprint density at radius 3 is 0.372 bits per heavy atom. The van der Waals surface area contributed by atoms with Gasteiger partial charge in [0.05, 0.1) is 0 Å². The first-order valence-electron chi connectivity index (χ1n) is 50.3. The molecule has 6 aliphatic rings. The summed E-state index contributed by atoms with van der Waals surface area (Å²) in [5.41, 5.74) is 4.12. The Balaban J connectivity index is 0.767. The van der Waals surface area contributed by atoms with Gasteiger partial charge >= 0.3 is 70.4 Å². The van der Waals surface area contributed by atoms with Gasteiger partial charge in [-0.15, -0.1) is 0 Å². The summed E-state index contributed by atoms with van der Waals surface area (Å²) in [7, 11) is -40.2. The molecule has 0 aromatic heterocycles. The zero-order chi connectivity index (χ0) is 101. The van der Waals surface area contributed by atoms with Gasteiger partial charge < -0.3 is 90.2 Å². The van der Waals surface area contributed by atoms with Crippen molar-refractivity contribution in [3.8, 4) is 46.0 Å². The van der Waals surface area contributed by atoms with Gasteiger partial charge in [0.25, 0.3) is 0 Å². The Morgan fingerprint density at radius 1 is 0.149 bits per heavy atom. The predicted octanol–water partition coefficient (Wildman–Crippen LogP) is 22.7. The average Bonchev–Trinajstić information content (AvgIpc) is 0.683. The second-order valence-corrected chi connectivity index (χ2v) is 62.3. The normalized spacial score (nSPS) is 22.6. The van der Waals surface area contributed by atoms with Gasteiger partial charge in [0.15, 0.2) is 0 Å². The number of nitrogens with zero attached hydrogens (tertiary/aromatic N) is 8. The topological polar surface area (TPSA) is 371 Å². The van der Waals surface area contributed by atoms with Gasteiger partial charge in [0.2, 0.25) is 0 Å². The third-order valence-corrected chi connectivity index (χ3v) is 64.8. The Morgan fingerprint density at radius 2 is 0.257 bits per heavy atom. The summed E-state index contributed by atoms with van der Waals surface area (Å²) in [4.78, 5) is 41.0. The molecule has 6 aliphatic heterocycles. The first kappa shape index (κ1) is 101. The zero-order valence-electron chi connectivity index (χ0n) is 81.4. The van der Waals surface area contributed by atoms with Crippen LogP contribution in [-0.4, -0.2) is 213 Å². The SMILES string of the molecule is Oc1ccc2ccccc2c1C=NCCC[Si]12O[Si]3(CCCN=Cc4c(O)ccc5ccccc45)O[Si]4(CCCN=Cc5c(O)ccc6ccccc56)O[Si](CCCN=Cc5c(O)ccc6ccccc56)(O1)O[Si]1(CCCN=Cc5c(O)ccc6ccccc56)O[Si](CCCN=Cc5c(O)ccc6ccccc56)(O2)O[Si](CCCN=Cc2c(O)ccc5ccccc25)(O3)O[Si](CCCN=Cc2c(O)ccc3ccccc23)(O4)O1. The van der Waals surface area contributed by atoms with Crippen LogP contribution >= 0.6 is 0 Å². The molecule has 0 spiro atoms. The monoisotopic (exact) mass is 2110 g/mol. The van der Waals surface area contributed by atoms with Crippen LogP contribution in [0.5, 0.6) is 46.0 Å². The number of phenolic OH excluding ortho intramolecular Hbond substituents is 8. The Kier molecular flexibility index (Phi) is 30.0. The molecule has 148 heavy (non-hydrogen) atoms. The lowest BCUT2D eigenvalue weighted by Crippen LogP contribution is -2.88. The fraction of sp³-hybridized carbons (Fsp3) is 0.214. The van der Waals surface area contributed by atoms with Gasteiger partial charge in [0.1, 0.15) is 46.0 Å². The van der Waals surface area contributed by atoms with Crippen LogP contribution in [0.15, 0.2) is 331 Å². The molecule has 36 heteroatoms. The second-order valence-electron chi connectivity index (χ2n) is 37.6. The Labute approximate surface area is 864 Å². The predicted molar refractivity (Wildman–Crippen MR) is 599 cm³/mol. The van der Waals surface area contributed by atoms with E-state index in [4.69, 9.17) is 89.3 Å². The fourth-order valence-electron chi connectivity index (χ4n) is 20.3. The van der Waals surface area contributed by atoms with E-state index in [2.05, 4.69) is 0 Å². The highest BCUT2D eigenvalue weighted by Gasteiger charge is 2.83. The lowest BCUT2D eigenvalue weighted by molar-refractivity contribution is -0.0310. The molecule has 6 heterocycles. The average molecular weight is 2110 g/mol. The van der Waals surface area contributed by atoms with Crippen molar-refractivity contribution in [2.45, 2.75) is 99.7 Å². The zero-order valence-corrected chi connectivity index (χ0v) is 89.4. The molecule has 0 atom stereocenters. The maximum atomic E-state index is 11.7. The van der Waals surface area contributed by atoms with Crippen molar-refractivity contribution >= 4 is 206 Å². The second kappa shape index (κ2) is 44.2. The van der Waals surface area contributed by atoms with E-state index in [0.717, 1.165) is 86.2 Å². The Bertz CT molecular complexity index is 6480. The molecule has 16 aromatic rings. The van der Waals surface area contributed by atoms with Crippen LogP contribution in [0.3, 0.4) is 0 Å². The minimum atomic E-state index is -5.02. The summed E-state index contributed by atoms with van der Waals surface area (Å²) in [6.45, 7) is 0.852. The number of aliphatic imine (C=N–C) groups is 8. The van der Waals surface area contributed by atoms with E-state index in [-0.39, 0.29) is 198 Å². The summed E-state index contributed by atoms with van der Waals surface area (Å²) in [6.07, 6.45) is 14.9. The first-order valence-corrected chi connectivity index (χ1v) is 65.8. The van der Waals surface area contributed by atoms with Crippen LogP contribution < -0.4 is 0 Å². The summed E-state index contributed by atoms with van der Waals surface area (Å²) in [5, 5.41) is 107. The number of hydrogen-bond donors (Lipinski definition) is 8. The highest BCUT2D eigenvalue weighted by Crippen LogP contribution is 2.56. The summed E-state index contributed by atoms with van der Waals surface area (Å²) < 4.78 is 103. The summed E-state index contributed by atoms with van der Waals surface area (Å²) in [6, 6.07) is 89.9. The van der Waals surface area contributed by atoms with Crippen molar-refractivity contribution in [3.63, 3.8) is 0 Å². The summed E-state index contributed by atoms with van der Waals surface area (Å²) in [5.74, 6) is 0.270. The van der Waals surface area contributed by atoms with Crippen LogP contribution in [-0.2, 0) is 49.4 Å². The van der Waals surface area contributed by atoms with Gasteiger partial charge in [-0.1, -0.05) is 243 Å². The fourth-order valence-corrected chi connectivity index (χ4v) is 70.5. The van der Waals surface area contributed by atoms with E-state index in [0.29, 0.717) is 44.5 Å². The molecule has 0 radical (unpaired) electrons. The van der Waals surface area contributed by atoms with E-state index in [9.17, 15) is 40.9 Å². The number of phenols is 8. The van der Waals surface area contributed by atoms with Crippen LogP contribution in [0.1, 0.15) is 95.9 Å². The molecule has 0 saturated carbocycles. The van der Waals surface area contributed by atoms with Crippen LogP contribution in [0.4, 0.5) is 0 Å². The first-order chi connectivity index (χ1) is 72.3. The minimum absolute atomic E-state index is 0.0338. The lowest BCUT2D eigenvalue weighted by Gasteiger charge is -2.63. The molecule has 22 rings (SSSR count). The minimum Gasteiger partial charge on any atom is -0.507 e. The van der Waals surface area contributed by atoms with Crippen molar-refractivity contribution in [1.82, 2.24) is 0 Å². The molecular weight excluding hydrogens is 2000 g/mol. The lowest BCUT2D eigenvalue weighted by atomic mass is 10.0.